The minimum atomic E-state index is -0.192. The van der Waals surface area contributed by atoms with Crippen molar-refractivity contribution in [2.45, 2.75) is 24.8 Å². The van der Waals surface area contributed by atoms with Gasteiger partial charge in [0.05, 0.1) is 0 Å². The second-order valence-corrected chi connectivity index (χ2v) is 5.66. The monoisotopic (exact) mass is 275 g/mol. The molecule has 0 saturated carbocycles. The standard InChI is InChI=1S/C16H18FNS/c1-3-19-16-10-5-4-9-15(16)18-12(2)13-7-6-8-14(17)11-13/h4-12,18H,3H2,1-2H3. The van der Waals surface area contributed by atoms with Crippen molar-refractivity contribution in [3.05, 3.63) is 59.9 Å². The Morgan fingerprint density at radius 2 is 1.95 bits per heavy atom. The van der Waals surface area contributed by atoms with Crippen molar-refractivity contribution in [3.8, 4) is 0 Å². The Balaban J connectivity index is 2.16. The molecule has 0 fully saturated rings. The van der Waals surface area contributed by atoms with Gasteiger partial charge in [-0.15, -0.1) is 11.8 Å². The van der Waals surface area contributed by atoms with E-state index in [0.29, 0.717) is 0 Å². The highest BCUT2D eigenvalue weighted by atomic mass is 32.2. The van der Waals surface area contributed by atoms with E-state index < -0.39 is 0 Å². The van der Waals surface area contributed by atoms with Crippen molar-refractivity contribution in [1.29, 1.82) is 0 Å². The first kappa shape index (κ1) is 13.9. The molecule has 0 amide bonds. The maximum Gasteiger partial charge on any atom is 0.123 e. The quantitative estimate of drug-likeness (QED) is 0.761. The fourth-order valence-electron chi connectivity index (χ4n) is 1.96. The first-order valence-corrected chi connectivity index (χ1v) is 7.43. The number of anilines is 1. The van der Waals surface area contributed by atoms with Gasteiger partial charge in [0.2, 0.25) is 0 Å². The molecule has 0 aliphatic rings. The molecule has 1 N–H and O–H groups in total. The number of halogens is 1. The summed E-state index contributed by atoms with van der Waals surface area (Å²) in [4.78, 5) is 1.23. The highest BCUT2D eigenvalue weighted by Crippen LogP contribution is 2.29. The molecule has 0 bridgehead atoms. The van der Waals surface area contributed by atoms with Crippen molar-refractivity contribution in [3.63, 3.8) is 0 Å². The predicted octanol–water partition coefficient (Wildman–Crippen LogP) is 5.11. The summed E-state index contributed by atoms with van der Waals surface area (Å²) in [5, 5.41) is 3.45. The van der Waals surface area contributed by atoms with Crippen LogP contribution in [-0.2, 0) is 0 Å². The molecule has 0 spiro atoms. The molecule has 1 atom stereocenters. The Kier molecular flexibility index (Phi) is 4.86. The van der Waals surface area contributed by atoms with E-state index in [-0.39, 0.29) is 11.9 Å². The Morgan fingerprint density at radius 1 is 1.16 bits per heavy atom. The van der Waals surface area contributed by atoms with Gasteiger partial charge in [-0.05, 0) is 42.5 Å². The Hall–Kier alpha value is -1.48. The summed E-state index contributed by atoms with van der Waals surface area (Å²) >= 11 is 1.81. The minimum absolute atomic E-state index is 0.0781. The fraction of sp³-hybridized carbons (Fsp3) is 0.250. The average molecular weight is 275 g/mol. The smallest absolute Gasteiger partial charge is 0.123 e. The molecule has 3 heteroatoms. The summed E-state index contributed by atoms with van der Waals surface area (Å²) in [6.07, 6.45) is 0. The number of benzene rings is 2. The molecular formula is C16H18FNS. The molecule has 0 aliphatic carbocycles. The lowest BCUT2D eigenvalue weighted by molar-refractivity contribution is 0.623. The molecule has 2 aromatic carbocycles. The summed E-state index contributed by atoms with van der Waals surface area (Å²) in [5.41, 5.74) is 2.06. The van der Waals surface area contributed by atoms with E-state index >= 15 is 0 Å². The molecule has 1 nitrogen and oxygen atoms in total. The maximum atomic E-state index is 13.2. The number of hydrogen-bond donors (Lipinski definition) is 1. The summed E-state index contributed by atoms with van der Waals surface area (Å²) in [7, 11) is 0. The van der Waals surface area contributed by atoms with Crippen LogP contribution in [0.5, 0.6) is 0 Å². The molecule has 0 radical (unpaired) electrons. The molecule has 0 aliphatic heterocycles. The van der Waals surface area contributed by atoms with E-state index in [1.165, 1.54) is 11.0 Å². The second kappa shape index (κ2) is 6.62. The van der Waals surface area contributed by atoms with Crippen LogP contribution in [0.25, 0.3) is 0 Å². The van der Waals surface area contributed by atoms with Gasteiger partial charge in [0, 0.05) is 16.6 Å². The van der Waals surface area contributed by atoms with Crippen LogP contribution in [0.1, 0.15) is 25.5 Å². The Labute approximate surface area is 118 Å². The molecule has 19 heavy (non-hydrogen) atoms. The summed E-state index contributed by atoms with van der Waals surface area (Å²) in [6, 6.07) is 15.0. The van der Waals surface area contributed by atoms with Gasteiger partial charge in [0.25, 0.3) is 0 Å². The Morgan fingerprint density at radius 3 is 2.68 bits per heavy atom. The van der Waals surface area contributed by atoms with Crippen LogP contribution in [0, 0.1) is 5.82 Å². The van der Waals surface area contributed by atoms with E-state index in [2.05, 4.69) is 24.4 Å². The largest absolute Gasteiger partial charge is 0.378 e. The third kappa shape index (κ3) is 3.74. The van der Waals surface area contributed by atoms with Crippen LogP contribution in [0.15, 0.2) is 53.4 Å². The van der Waals surface area contributed by atoms with Gasteiger partial charge in [0.1, 0.15) is 5.82 Å². The lowest BCUT2D eigenvalue weighted by Crippen LogP contribution is -2.07. The van der Waals surface area contributed by atoms with Crippen LogP contribution >= 0.6 is 11.8 Å². The maximum absolute atomic E-state index is 13.2. The van der Waals surface area contributed by atoms with Gasteiger partial charge in [-0.2, -0.15) is 0 Å². The van der Waals surface area contributed by atoms with Crippen LogP contribution in [-0.4, -0.2) is 5.75 Å². The van der Waals surface area contributed by atoms with Crippen LogP contribution in [0.2, 0.25) is 0 Å². The van der Waals surface area contributed by atoms with Gasteiger partial charge >= 0.3 is 0 Å². The normalized spacial score (nSPS) is 12.2. The van der Waals surface area contributed by atoms with Gasteiger partial charge in [-0.1, -0.05) is 31.2 Å². The van der Waals surface area contributed by atoms with Crippen molar-refractivity contribution < 1.29 is 4.39 Å². The first-order chi connectivity index (χ1) is 9.20. The van der Waals surface area contributed by atoms with E-state index in [0.717, 1.165) is 17.0 Å². The van der Waals surface area contributed by atoms with E-state index in [4.69, 9.17) is 0 Å². The first-order valence-electron chi connectivity index (χ1n) is 6.44. The number of nitrogens with one attached hydrogen (secondary N) is 1. The topological polar surface area (TPSA) is 12.0 Å². The van der Waals surface area contributed by atoms with Crippen molar-refractivity contribution in [2.24, 2.45) is 0 Å². The zero-order chi connectivity index (χ0) is 13.7. The number of para-hydroxylation sites is 1. The third-order valence-corrected chi connectivity index (χ3v) is 3.86. The lowest BCUT2D eigenvalue weighted by atomic mass is 10.1. The van der Waals surface area contributed by atoms with Crippen LogP contribution in [0.3, 0.4) is 0 Å². The zero-order valence-electron chi connectivity index (χ0n) is 11.2. The predicted molar refractivity (Wildman–Crippen MR) is 81.3 cm³/mol. The van der Waals surface area contributed by atoms with Gasteiger partial charge in [0.15, 0.2) is 0 Å². The average Bonchev–Trinajstić information content (AvgIpc) is 2.41. The van der Waals surface area contributed by atoms with Crippen molar-refractivity contribution in [2.75, 3.05) is 11.1 Å². The van der Waals surface area contributed by atoms with E-state index in [1.807, 2.05) is 25.1 Å². The van der Waals surface area contributed by atoms with Gasteiger partial charge < -0.3 is 5.32 Å². The highest BCUT2D eigenvalue weighted by molar-refractivity contribution is 7.99. The number of thioether (sulfide) groups is 1. The molecular weight excluding hydrogens is 257 g/mol. The minimum Gasteiger partial charge on any atom is -0.378 e. The third-order valence-electron chi connectivity index (χ3n) is 2.91. The molecule has 0 saturated heterocycles. The molecule has 100 valence electrons. The fourth-order valence-corrected chi connectivity index (χ4v) is 2.73. The lowest BCUT2D eigenvalue weighted by Gasteiger charge is -2.18. The summed E-state index contributed by atoms with van der Waals surface area (Å²) in [5.74, 6) is 0.843. The van der Waals surface area contributed by atoms with Crippen LogP contribution in [0.4, 0.5) is 10.1 Å². The van der Waals surface area contributed by atoms with Gasteiger partial charge in [-0.25, -0.2) is 4.39 Å². The molecule has 0 aromatic heterocycles. The number of rotatable bonds is 5. The zero-order valence-corrected chi connectivity index (χ0v) is 12.0. The second-order valence-electron chi connectivity index (χ2n) is 4.35. The summed E-state index contributed by atoms with van der Waals surface area (Å²) in [6.45, 7) is 4.18. The number of hydrogen-bond acceptors (Lipinski definition) is 2. The Bertz CT molecular complexity index is 542. The summed E-state index contributed by atoms with van der Waals surface area (Å²) < 4.78 is 13.2. The molecule has 1 unspecified atom stereocenters. The van der Waals surface area contributed by atoms with Crippen molar-refractivity contribution in [1.82, 2.24) is 0 Å². The molecule has 2 aromatic rings. The highest BCUT2D eigenvalue weighted by Gasteiger charge is 2.08. The molecule has 2 rings (SSSR count). The van der Waals surface area contributed by atoms with E-state index in [1.54, 1.807) is 23.9 Å². The molecule has 0 heterocycles. The van der Waals surface area contributed by atoms with Gasteiger partial charge in [-0.3, -0.25) is 0 Å². The van der Waals surface area contributed by atoms with Crippen molar-refractivity contribution >= 4 is 17.4 Å². The van der Waals surface area contributed by atoms with E-state index in [9.17, 15) is 4.39 Å². The SMILES string of the molecule is CCSc1ccccc1NC(C)c1cccc(F)c1. The van der Waals surface area contributed by atoms with Crippen LogP contribution < -0.4 is 5.32 Å².